The standard InChI is InChI=1S/C10H15ClN4S/c11-8-5-9(15-10(12)14-8)13-6-7-3-1-2-4-16-7/h5,7H,1-4,6H2,(H3,12,13,14,15). The number of hydrogen-bond donors (Lipinski definition) is 2. The minimum atomic E-state index is 0.214. The molecule has 1 fully saturated rings. The smallest absolute Gasteiger partial charge is 0.223 e. The Labute approximate surface area is 104 Å². The first-order valence-electron chi connectivity index (χ1n) is 5.39. The first-order valence-corrected chi connectivity index (χ1v) is 6.82. The van der Waals surface area contributed by atoms with Gasteiger partial charge in [0.2, 0.25) is 5.95 Å². The molecule has 0 amide bonds. The number of nitrogens with one attached hydrogen (secondary N) is 1. The second-order valence-corrected chi connectivity index (χ2v) is 5.60. The molecule has 2 rings (SSSR count). The zero-order valence-corrected chi connectivity index (χ0v) is 10.5. The highest BCUT2D eigenvalue weighted by molar-refractivity contribution is 7.99. The maximum absolute atomic E-state index is 5.80. The maximum atomic E-state index is 5.80. The van der Waals surface area contributed by atoms with Crippen molar-refractivity contribution in [3.05, 3.63) is 11.2 Å². The monoisotopic (exact) mass is 258 g/mol. The molecule has 0 aromatic carbocycles. The number of nitrogen functional groups attached to an aromatic ring is 1. The number of aromatic nitrogens is 2. The fraction of sp³-hybridized carbons (Fsp3) is 0.600. The molecule has 0 saturated carbocycles. The second kappa shape index (κ2) is 5.59. The quantitative estimate of drug-likeness (QED) is 0.816. The van der Waals surface area contributed by atoms with Gasteiger partial charge in [0, 0.05) is 17.9 Å². The van der Waals surface area contributed by atoms with E-state index in [1.54, 1.807) is 6.07 Å². The first kappa shape index (κ1) is 11.8. The van der Waals surface area contributed by atoms with Crippen molar-refractivity contribution in [2.75, 3.05) is 23.3 Å². The van der Waals surface area contributed by atoms with E-state index in [-0.39, 0.29) is 5.95 Å². The third-order valence-electron chi connectivity index (χ3n) is 2.50. The molecule has 1 atom stereocenters. The summed E-state index contributed by atoms with van der Waals surface area (Å²) >= 11 is 7.82. The van der Waals surface area contributed by atoms with Crippen LogP contribution in [0, 0.1) is 0 Å². The molecule has 0 bridgehead atoms. The van der Waals surface area contributed by atoms with Crippen molar-refractivity contribution in [1.29, 1.82) is 0 Å². The van der Waals surface area contributed by atoms with Crippen LogP contribution in [0.25, 0.3) is 0 Å². The van der Waals surface area contributed by atoms with Crippen LogP contribution in [0.15, 0.2) is 6.07 Å². The normalized spacial score (nSPS) is 20.7. The summed E-state index contributed by atoms with van der Waals surface area (Å²) in [6, 6.07) is 1.70. The molecule has 1 unspecified atom stereocenters. The van der Waals surface area contributed by atoms with Crippen molar-refractivity contribution in [2.24, 2.45) is 0 Å². The zero-order chi connectivity index (χ0) is 11.4. The molecule has 0 radical (unpaired) electrons. The molecule has 88 valence electrons. The minimum Gasteiger partial charge on any atom is -0.369 e. The lowest BCUT2D eigenvalue weighted by Gasteiger charge is -2.21. The lowest BCUT2D eigenvalue weighted by atomic mass is 10.2. The number of thioether (sulfide) groups is 1. The van der Waals surface area contributed by atoms with Crippen LogP contribution in [-0.4, -0.2) is 27.5 Å². The number of nitrogens with zero attached hydrogens (tertiary/aromatic N) is 2. The molecule has 16 heavy (non-hydrogen) atoms. The van der Waals surface area contributed by atoms with E-state index in [0.717, 1.165) is 6.54 Å². The Balaban J connectivity index is 1.88. The summed E-state index contributed by atoms with van der Waals surface area (Å²) in [5.41, 5.74) is 5.52. The van der Waals surface area contributed by atoms with E-state index in [0.29, 0.717) is 16.2 Å². The van der Waals surface area contributed by atoms with Crippen LogP contribution in [0.1, 0.15) is 19.3 Å². The summed E-state index contributed by atoms with van der Waals surface area (Å²) in [6.07, 6.45) is 3.94. The fourth-order valence-electron chi connectivity index (χ4n) is 1.71. The molecule has 4 nitrogen and oxygen atoms in total. The summed E-state index contributed by atoms with van der Waals surface area (Å²) in [7, 11) is 0. The minimum absolute atomic E-state index is 0.214. The van der Waals surface area contributed by atoms with Gasteiger partial charge < -0.3 is 11.1 Å². The lowest BCUT2D eigenvalue weighted by Crippen LogP contribution is -2.20. The Kier molecular flexibility index (Phi) is 4.12. The van der Waals surface area contributed by atoms with Crippen LogP contribution in [0.4, 0.5) is 11.8 Å². The molecule has 0 aliphatic carbocycles. The van der Waals surface area contributed by atoms with Gasteiger partial charge in [-0.15, -0.1) is 0 Å². The highest BCUT2D eigenvalue weighted by Crippen LogP contribution is 2.25. The Bertz CT molecular complexity index is 334. The first-order chi connectivity index (χ1) is 7.74. The Morgan fingerprint density at radius 2 is 2.38 bits per heavy atom. The van der Waals surface area contributed by atoms with Crippen molar-refractivity contribution < 1.29 is 0 Å². The van der Waals surface area contributed by atoms with E-state index in [1.165, 1.54) is 25.0 Å². The van der Waals surface area contributed by atoms with Gasteiger partial charge in [0.25, 0.3) is 0 Å². The van der Waals surface area contributed by atoms with Gasteiger partial charge in [0.05, 0.1) is 0 Å². The molecule has 1 saturated heterocycles. The number of anilines is 2. The number of hydrogen-bond acceptors (Lipinski definition) is 5. The SMILES string of the molecule is Nc1nc(Cl)cc(NCC2CCCCS2)n1. The molecular formula is C10H15ClN4S. The molecule has 3 N–H and O–H groups in total. The predicted molar refractivity (Wildman–Crippen MR) is 70.0 cm³/mol. The summed E-state index contributed by atoms with van der Waals surface area (Å²) in [6.45, 7) is 0.914. The van der Waals surface area contributed by atoms with Crippen molar-refractivity contribution in [3.63, 3.8) is 0 Å². The van der Waals surface area contributed by atoms with Crippen molar-refractivity contribution in [2.45, 2.75) is 24.5 Å². The average Bonchev–Trinajstić information content (AvgIpc) is 2.27. The van der Waals surface area contributed by atoms with E-state index in [9.17, 15) is 0 Å². The number of rotatable bonds is 3. The van der Waals surface area contributed by atoms with Gasteiger partial charge in [-0.1, -0.05) is 18.0 Å². The molecule has 1 aromatic rings. The Hall–Kier alpha value is -0.680. The summed E-state index contributed by atoms with van der Waals surface area (Å²) < 4.78 is 0. The van der Waals surface area contributed by atoms with Crippen LogP contribution < -0.4 is 11.1 Å². The van der Waals surface area contributed by atoms with Crippen molar-refractivity contribution in [1.82, 2.24) is 9.97 Å². The Morgan fingerprint density at radius 3 is 3.06 bits per heavy atom. The molecule has 6 heteroatoms. The van der Waals surface area contributed by atoms with Crippen LogP contribution in [0.5, 0.6) is 0 Å². The van der Waals surface area contributed by atoms with Crippen molar-refractivity contribution >= 4 is 35.1 Å². The maximum Gasteiger partial charge on any atom is 0.223 e. The number of halogens is 1. The van der Waals surface area contributed by atoms with Gasteiger partial charge in [-0.2, -0.15) is 16.7 Å². The molecule has 0 spiro atoms. The molecular weight excluding hydrogens is 244 g/mol. The third-order valence-corrected chi connectivity index (χ3v) is 4.09. The van der Waals surface area contributed by atoms with Crippen LogP contribution in [0.2, 0.25) is 5.15 Å². The van der Waals surface area contributed by atoms with Gasteiger partial charge in [0.1, 0.15) is 11.0 Å². The van der Waals surface area contributed by atoms with Crippen molar-refractivity contribution in [3.8, 4) is 0 Å². The molecule has 2 heterocycles. The van der Waals surface area contributed by atoms with Gasteiger partial charge in [-0.05, 0) is 18.6 Å². The summed E-state index contributed by atoms with van der Waals surface area (Å²) in [4.78, 5) is 7.90. The predicted octanol–water partition coefficient (Wildman–Crippen LogP) is 2.41. The summed E-state index contributed by atoms with van der Waals surface area (Å²) in [5.74, 6) is 2.19. The second-order valence-electron chi connectivity index (χ2n) is 3.80. The van der Waals surface area contributed by atoms with E-state index in [4.69, 9.17) is 17.3 Å². The van der Waals surface area contributed by atoms with E-state index in [1.807, 2.05) is 11.8 Å². The third kappa shape index (κ3) is 3.42. The Morgan fingerprint density at radius 1 is 1.50 bits per heavy atom. The van der Waals surface area contributed by atoms with E-state index in [2.05, 4.69) is 15.3 Å². The lowest BCUT2D eigenvalue weighted by molar-refractivity contribution is 0.677. The number of nitrogens with two attached hydrogens (primary N) is 1. The highest BCUT2D eigenvalue weighted by atomic mass is 35.5. The summed E-state index contributed by atoms with van der Waals surface area (Å²) in [5, 5.41) is 4.31. The van der Waals surface area contributed by atoms with Crippen LogP contribution in [0.3, 0.4) is 0 Å². The topological polar surface area (TPSA) is 63.8 Å². The highest BCUT2D eigenvalue weighted by Gasteiger charge is 2.13. The van der Waals surface area contributed by atoms with E-state index >= 15 is 0 Å². The largest absolute Gasteiger partial charge is 0.369 e. The van der Waals surface area contributed by atoms with E-state index < -0.39 is 0 Å². The van der Waals surface area contributed by atoms with Crippen LogP contribution >= 0.6 is 23.4 Å². The van der Waals surface area contributed by atoms with Gasteiger partial charge in [-0.3, -0.25) is 0 Å². The van der Waals surface area contributed by atoms with Gasteiger partial charge in [0.15, 0.2) is 0 Å². The molecule has 1 aliphatic rings. The van der Waals surface area contributed by atoms with Gasteiger partial charge >= 0.3 is 0 Å². The zero-order valence-electron chi connectivity index (χ0n) is 8.95. The average molecular weight is 259 g/mol. The van der Waals surface area contributed by atoms with Crippen LogP contribution in [-0.2, 0) is 0 Å². The molecule has 1 aliphatic heterocycles. The fourth-order valence-corrected chi connectivity index (χ4v) is 3.14. The molecule has 1 aromatic heterocycles. The van der Waals surface area contributed by atoms with Gasteiger partial charge in [-0.25, -0.2) is 4.98 Å².